The van der Waals surface area contributed by atoms with Crippen molar-refractivity contribution in [1.82, 2.24) is 4.98 Å². The second-order valence-electron chi connectivity index (χ2n) is 4.77. The van der Waals surface area contributed by atoms with Crippen LogP contribution in [0.5, 0.6) is 5.75 Å². The Morgan fingerprint density at radius 1 is 1.27 bits per heavy atom. The van der Waals surface area contributed by atoms with E-state index in [-0.39, 0.29) is 10.9 Å². The van der Waals surface area contributed by atoms with Gasteiger partial charge in [-0.3, -0.25) is 4.79 Å². The third-order valence-electron chi connectivity index (χ3n) is 2.99. The number of para-hydroxylation sites is 1. The molecule has 0 radical (unpaired) electrons. The summed E-state index contributed by atoms with van der Waals surface area (Å²) < 4.78 is 28.2. The van der Waals surface area contributed by atoms with Gasteiger partial charge in [0.25, 0.3) is 5.91 Å². The molecule has 116 valence electrons. The van der Waals surface area contributed by atoms with Crippen molar-refractivity contribution in [1.29, 1.82) is 0 Å². The Balaban J connectivity index is 2.28. The minimum atomic E-state index is -3.39. The number of carbonyl (C=O) groups excluding carboxylic acids is 1. The standard InChI is InChI=1S/C15H16N2O4S/c1-10-8-11(9-16-15(10)22(3,19)20)17-14(18)12-6-4-5-7-13(12)21-2/h4-9H,1-3H3,(H,17,18). The lowest BCUT2D eigenvalue weighted by atomic mass is 10.2. The van der Waals surface area contributed by atoms with Crippen molar-refractivity contribution < 1.29 is 17.9 Å². The van der Waals surface area contributed by atoms with E-state index in [1.165, 1.54) is 13.3 Å². The average molecular weight is 320 g/mol. The Hall–Kier alpha value is -2.41. The number of methoxy groups -OCH3 is 1. The van der Waals surface area contributed by atoms with Crippen LogP contribution in [0.2, 0.25) is 0 Å². The first-order valence-corrected chi connectivity index (χ1v) is 8.33. The minimum Gasteiger partial charge on any atom is -0.496 e. The minimum absolute atomic E-state index is 0.00258. The molecule has 0 fully saturated rings. The van der Waals surface area contributed by atoms with Crippen LogP contribution in [0.1, 0.15) is 15.9 Å². The second-order valence-corrected chi connectivity index (χ2v) is 6.70. The first-order chi connectivity index (χ1) is 10.3. The number of aryl methyl sites for hydroxylation is 1. The van der Waals surface area contributed by atoms with Crippen molar-refractivity contribution in [2.75, 3.05) is 18.7 Å². The molecular formula is C15H16N2O4S. The summed E-state index contributed by atoms with van der Waals surface area (Å²) in [6, 6.07) is 8.39. The molecule has 1 amide bonds. The number of hydrogen-bond acceptors (Lipinski definition) is 5. The molecule has 0 saturated carbocycles. The fourth-order valence-corrected chi connectivity index (χ4v) is 2.94. The number of nitrogens with zero attached hydrogens (tertiary/aromatic N) is 1. The molecule has 7 heteroatoms. The van der Waals surface area contributed by atoms with Crippen molar-refractivity contribution >= 4 is 21.4 Å². The maximum absolute atomic E-state index is 12.2. The van der Waals surface area contributed by atoms with Gasteiger partial charge in [0.1, 0.15) is 5.75 Å². The van der Waals surface area contributed by atoms with E-state index in [4.69, 9.17) is 4.74 Å². The number of nitrogens with one attached hydrogen (secondary N) is 1. The molecule has 0 atom stereocenters. The number of sulfone groups is 1. The smallest absolute Gasteiger partial charge is 0.259 e. The highest BCUT2D eigenvalue weighted by molar-refractivity contribution is 7.90. The summed E-state index contributed by atoms with van der Waals surface area (Å²) in [5, 5.41) is 2.68. The first-order valence-electron chi connectivity index (χ1n) is 6.44. The predicted octanol–water partition coefficient (Wildman–Crippen LogP) is 2.05. The van der Waals surface area contributed by atoms with Crippen LogP contribution in [-0.2, 0) is 9.84 Å². The molecule has 0 bridgehead atoms. The molecule has 1 heterocycles. The largest absolute Gasteiger partial charge is 0.496 e. The van der Waals surface area contributed by atoms with Gasteiger partial charge in [-0.1, -0.05) is 12.1 Å². The highest BCUT2D eigenvalue weighted by Gasteiger charge is 2.15. The normalized spacial score (nSPS) is 11.0. The van der Waals surface area contributed by atoms with E-state index < -0.39 is 9.84 Å². The molecule has 0 saturated heterocycles. The van der Waals surface area contributed by atoms with Crippen LogP contribution in [0.15, 0.2) is 41.6 Å². The Kier molecular flexibility index (Phi) is 4.46. The van der Waals surface area contributed by atoms with E-state index in [0.29, 0.717) is 22.6 Å². The zero-order valence-electron chi connectivity index (χ0n) is 12.5. The molecule has 0 unspecified atom stereocenters. The molecule has 1 N–H and O–H groups in total. The van der Waals surface area contributed by atoms with E-state index in [2.05, 4.69) is 10.3 Å². The van der Waals surface area contributed by atoms with Gasteiger partial charge in [0.15, 0.2) is 14.9 Å². The van der Waals surface area contributed by atoms with Gasteiger partial charge >= 0.3 is 0 Å². The molecule has 6 nitrogen and oxygen atoms in total. The Morgan fingerprint density at radius 3 is 2.55 bits per heavy atom. The van der Waals surface area contributed by atoms with Gasteiger partial charge in [-0.05, 0) is 30.7 Å². The SMILES string of the molecule is COc1ccccc1C(=O)Nc1cnc(S(C)(=O)=O)c(C)c1. The lowest BCUT2D eigenvalue weighted by Crippen LogP contribution is -2.14. The highest BCUT2D eigenvalue weighted by atomic mass is 32.2. The predicted molar refractivity (Wildman–Crippen MR) is 83.0 cm³/mol. The number of benzene rings is 1. The topological polar surface area (TPSA) is 85.4 Å². The van der Waals surface area contributed by atoms with Gasteiger partial charge in [-0.15, -0.1) is 0 Å². The lowest BCUT2D eigenvalue weighted by molar-refractivity contribution is 0.102. The number of pyridine rings is 1. The molecular weight excluding hydrogens is 304 g/mol. The number of ether oxygens (including phenoxy) is 1. The van der Waals surface area contributed by atoms with E-state index in [1.54, 1.807) is 37.3 Å². The molecule has 2 aromatic rings. The van der Waals surface area contributed by atoms with Gasteiger partial charge in [0, 0.05) is 6.26 Å². The Morgan fingerprint density at radius 2 is 1.95 bits per heavy atom. The van der Waals surface area contributed by atoms with Gasteiger partial charge in [0.05, 0.1) is 24.6 Å². The van der Waals surface area contributed by atoms with E-state index >= 15 is 0 Å². The monoisotopic (exact) mass is 320 g/mol. The lowest BCUT2D eigenvalue weighted by Gasteiger charge is -2.10. The van der Waals surface area contributed by atoms with Gasteiger partial charge in [0.2, 0.25) is 0 Å². The number of anilines is 1. The van der Waals surface area contributed by atoms with E-state index in [9.17, 15) is 13.2 Å². The molecule has 1 aromatic carbocycles. The molecule has 1 aromatic heterocycles. The van der Waals surface area contributed by atoms with Crippen LogP contribution in [0.3, 0.4) is 0 Å². The number of aromatic nitrogens is 1. The van der Waals surface area contributed by atoms with Crippen molar-refractivity contribution in [2.45, 2.75) is 11.9 Å². The van der Waals surface area contributed by atoms with Crippen molar-refractivity contribution in [3.63, 3.8) is 0 Å². The zero-order chi connectivity index (χ0) is 16.3. The summed E-state index contributed by atoms with van der Waals surface area (Å²) in [5.41, 5.74) is 1.27. The fraction of sp³-hybridized carbons (Fsp3) is 0.200. The molecule has 0 spiro atoms. The van der Waals surface area contributed by atoms with Crippen molar-refractivity contribution in [3.05, 3.63) is 47.7 Å². The number of hydrogen-bond donors (Lipinski definition) is 1. The van der Waals surface area contributed by atoms with Crippen LogP contribution >= 0.6 is 0 Å². The number of carbonyl (C=O) groups is 1. The van der Waals surface area contributed by atoms with Crippen LogP contribution in [0, 0.1) is 6.92 Å². The van der Waals surface area contributed by atoms with Gasteiger partial charge in [-0.25, -0.2) is 13.4 Å². The number of rotatable bonds is 4. The highest BCUT2D eigenvalue weighted by Crippen LogP contribution is 2.20. The maximum Gasteiger partial charge on any atom is 0.259 e. The first kappa shape index (κ1) is 16.0. The Bertz CT molecular complexity index is 816. The van der Waals surface area contributed by atoms with Gasteiger partial charge in [-0.2, -0.15) is 0 Å². The molecule has 22 heavy (non-hydrogen) atoms. The molecule has 2 rings (SSSR count). The van der Waals surface area contributed by atoms with E-state index in [1.807, 2.05) is 0 Å². The average Bonchev–Trinajstić information content (AvgIpc) is 2.45. The van der Waals surface area contributed by atoms with Crippen LogP contribution in [0.25, 0.3) is 0 Å². The van der Waals surface area contributed by atoms with Gasteiger partial charge < -0.3 is 10.1 Å². The third kappa shape index (κ3) is 3.43. The summed E-state index contributed by atoms with van der Waals surface area (Å²) in [5.74, 6) is 0.100. The van der Waals surface area contributed by atoms with Crippen molar-refractivity contribution in [3.8, 4) is 5.75 Å². The quantitative estimate of drug-likeness (QED) is 0.932. The molecule has 0 aliphatic heterocycles. The second kappa shape index (κ2) is 6.15. The maximum atomic E-state index is 12.2. The summed E-state index contributed by atoms with van der Waals surface area (Å²) in [7, 11) is -1.90. The third-order valence-corrected chi connectivity index (χ3v) is 4.12. The Labute approximate surface area is 129 Å². The van der Waals surface area contributed by atoms with Crippen molar-refractivity contribution in [2.24, 2.45) is 0 Å². The van der Waals surface area contributed by atoms with E-state index in [0.717, 1.165) is 6.26 Å². The number of amides is 1. The van der Waals surface area contributed by atoms with Crippen LogP contribution in [0.4, 0.5) is 5.69 Å². The molecule has 0 aliphatic carbocycles. The summed E-state index contributed by atoms with van der Waals surface area (Å²) >= 11 is 0. The zero-order valence-corrected chi connectivity index (χ0v) is 13.3. The summed E-state index contributed by atoms with van der Waals surface area (Å²) in [4.78, 5) is 16.2. The summed E-state index contributed by atoms with van der Waals surface area (Å²) in [6.07, 6.45) is 2.41. The summed E-state index contributed by atoms with van der Waals surface area (Å²) in [6.45, 7) is 1.63. The van der Waals surface area contributed by atoms with Crippen LogP contribution in [-0.4, -0.2) is 32.7 Å². The molecule has 0 aliphatic rings. The van der Waals surface area contributed by atoms with Crippen LogP contribution < -0.4 is 10.1 Å². The fourth-order valence-electron chi connectivity index (χ4n) is 2.05.